The highest BCUT2D eigenvalue weighted by molar-refractivity contribution is 7.87. The molecule has 0 bridgehead atoms. The maximum atomic E-state index is 12.5. The molecule has 3 aromatic rings. The summed E-state index contributed by atoms with van der Waals surface area (Å²) in [6.07, 6.45) is -1.04. The Bertz CT molecular complexity index is 1190. The van der Waals surface area contributed by atoms with Crippen molar-refractivity contribution >= 4 is 20.2 Å². The summed E-state index contributed by atoms with van der Waals surface area (Å²) in [5.74, 6) is 0. The van der Waals surface area contributed by atoms with Gasteiger partial charge in [0, 0.05) is 0 Å². The molecule has 0 spiro atoms. The van der Waals surface area contributed by atoms with Crippen LogP contribution >= 0.6 is 0 Å². The number of rotatable bonds is 13. The summed E-state index contributed by atoms with van der Waals surface area (Å²) in [5, 5.41) is 0. The fraction of sp³-hybridized carbons (Fsp3) is 0.280. The smallest absolute Gasteiger partial charge is 0.297 e. The highest BCUT2D eigenvalue weighted by Crippen LogP contribution is 2.17. The van der Waals surface area contributed by atoms with Crippen LogP contribution in [-0.4, -0.2) is 42.9 Å². The monoisotopic (exact) mass is 520 g/mol. The zero-order chi connectivity index (χ0) is 25.3. The third-order valence-corrected chi connectivity index (χ3v) is 7.53. The van der Waals surface area contributed by atoms with Gasteiger partial charge in [0.25, 0.3) is 20.2 Å². The van der Waals surface area contributed by atoms with Crippen molar-refractivity contribution in [1.82, 2.24) is 0 Å². The Kier molecular flexibility index (Phi) is 9.55. The molecule has 8 nitrogen and oxygen atoms in total. The molecule has 3 aromatic carbocycles. The fourth-order valence-electron chi connectivity index (χ4n) is 2.90. The van der Waals surface area contributed by atoms with Crippen LogP contribution in [0.2, 0.25) is 0 Å². The van der Waals surface area contributed by atoms with Gasteiger partial charge in [-0.05, 0) is 43.7 Å². The van der Waals surface area contributed by atoms with E-state index in [0.717, 1.165) is 16.7 Å². The van der Waals surface area contributed by atoms with Crippen molar-refractivity contribution in [2.75, 3.05) is 20.0 Å². The highest BCUT2D eigenvalue weighted by atomic mass is 32.2. The van der Waals surface area contributed by atoms with E-state index in [4.69, 9.17) is 17.8 Å². The molecule has 0 saturated carbocycles. The van der Waals surface area contributed by atoms with Gasteiger partial charge in [-0.3, -0.25) is 8.37 Å². The Morgan fingerprint density at radius 3 is 1.57 bits per heavy atom. The van der Waals surface area contributed by atoms with Crippen molar-refractivity contribution < 1.29 is 34.7 Å². The lowest BCUT2D eigenvalue weighted by Crippen LogP contribution is -2.29. The molecule has 0 radical (unpaired) electrons. The summed E-state index contributed by atoms with van der Waals surface area (Å²) in [7, 11) is -8.16. The van der Waals surface area contributed by atoms with E-state index >= 15 is 0 Å². The van der Waals surface area contributed by atoms with E-state index < -0.39 is 39.6 Å². The third-order valence-electron chi connectivity index (χ3n) is 4.94. The van der Waals surface area contributed by atoms with Gasteiger partial charge in [-0.2, -0.15) is 16.8 Å². The summed E-state index contributed by atoms with van der Waals surface area (Å²) < 4.78 is 71.5. The molecular formula is C25H28O8S2. The van der Waals surface area contributed by atoms with E-state index in [-0.39, 0.29) is 23.2 Å². The van der Waals surface area contributed by atoms with Gasteiger partial charge in [-0.15, -0.1) is 0 Å². The maximum absolute atomic E-state index is 12.5. The van der Waals surface area contributed by atoms with Crippen molar-refractivity contribution in [2.24, 2.45) is 0 Å². The van der Waals surface area contributed by atoms with Crippen LogP contribution in [0.1, 0.15) is 16.7 Å². The van der Waals surface area contributed by atoms with Crippen LogP contribution in [0.5, 0.6) is 0 Å². The van der Waals surface area contributed by atoms with Gasteiger partial charge < -0.3 is 9.47 Å². The van der Waals surface area contributed by atoms with Gasteiger partial charge in [-0.25, -0.2) is 0 Å². The predicted molar refractivity (Wildman–Crippen MR) is 130 cm³/mol. The molecule has 35 heavy (non-hydrogen) atoms. The molecule has 0 amide bonds. The van der Waals surface area contributed by atoms with Crippen LogP contribution in [0.4, 0.5) is 0 Å². The van der Waals surface area contributed by atoms with E-state index in [2.05, 4.69) is 0 Å². The summed E-state index contributed by atoms with van der Waals surface area (Å²) in [4.78, 5) is -0.0363. The molecule has 188 valence electrons. The van der Waals surface area contributed by atoms with Crippen LogP contribution in [0.25, 0.3) is 0 Å². The Morgan fingerprint density at radius 2 is 1.11 bits per heavy atom. The minimum atomic E-state index is -4.08. The lowest BCUT2D eigenvalue weighted by atomic mass is 10.2. The second kappa shape index (κ2) is 12.4. The first-order valence-electron chi connectivity index (χ1n) is 10.8. The first-order valence-corrected chi connectivity index (χ1v) is 13.6. The van der Waals surface area contributed by atoms with Gasteiger partial charge in [0.15, 0.2) is 0 Å². The second-order valence-electron chi connectivity index (χ2n) is 7.84. The molecule has 10 heteroatoms. The highest BCUT2D eigenvalue weighted by Gasteiger charge is 2.23. The molecule has 0 aliphatic carbocycles. The number of hydrogen-bond donors (Lipinski definition) is 0. The van der Waals surface area contributed by atoms with E-state index in [9.17, 15) is 16.8 Å². The fourth-order valence-corrected chi connectivity index (χ4v) is 4.77. The van der Waals surface area contributed by atoms with Gasteiger partial charge in [0.2, 0.25) is 0 Å². The maximum Gasteiger partial charge on any atom is 0.297 e. The number of benzene rings is 3. The quantitative estimate of drug-likeness (QED) is 0.189. The Balaban J connectivity index is 1.63. The van der Waals surface area contributed by atoms with Crippen LogP contribution < -0.4 is 0 Å². The van der Waals surface area contributed by atoms with Crippen molar-refractivity contribution in [3.8, 4) is 0 Å². The molecule has 0 N–H and O–H groups in total. The zero-order valence-corrected chi connectivity index (χ0v) is 21.1. The Morgan fingerprint density at radius 1 is 0.657 bits per heavy atom. The average Bonchev–Trinajstić information content (AvgIpc) is 2.84. The number of hydrogen-bond acceptors (Lipinski definition) is 8. The molecule has 0 aliphatic rings. The van der Waals surface area contributed by atoms with Gasteiger partial charge >= 0.3 is 0 Å². The summed E-state index contributed by atoms with van der Waals surface area (Å²) in [5.41, 5.74) is 2.72. The average molecular weight is 521 g/mol. The first kappa shape index (κ1) is 27.0. The predicted octanol–water partition coefficient (Wildman–Crippen LogP) is 3.97. The zero-order valence-electron chi connectivity index (χ0n) is 19.5. The van der Waals surface area contributed by atoms with Crippen LogP contribution in [0.15, 0.2) is 88.7 Å². The molecule has 3 rings (SSSR count). The first-order chi connectivity index (χ1) is 16.7. The second-order valence-corrected chi connectivity index (χ2v) is 11.1. The van der Waals surface area contributed by atoms with E-state index in [1.54, 1.807) is 24.3 Å². The van der Waals surface area contributed by atoms with Gasteiger partial charge in [0.1, 0.15) is 12.9 Å². The van der Waals surface area contributed by atoms with Crippen LogP contribution in [0.3, 0.4) is 0 Å². The Hall–Kier alpha value is -2.60. The topological polar surface area (TPSA) is 105 Å². The third kappa shape index (κ3) is 8.53. The molecule has 0 unspecified atom stereocenters. The van der Waals surface area contributed by atoms with E-state index in [1.807, 2.05) is 44.2 Å². The van der Waals surface area contributed by atoms with Gasteiger partial charge in [-0.1, -0.05) is 65.7 Å². The molecule has 0 fully saturated rings. The lowest BCUT2D eigenvalue weighted by molar-refractivity contribution is -0.114. The van der Waals surface area contributed by atoms with E-state index in [0.29, 0.717) is 0 Å². The molecule has 0 heterocycles. The molecule has 0 atom stereocenters. The van der Waals surface area contributed by atoms with Crippen LogP contribution in [-0.2, 0) is 44.7 Å². The molecular weight excluding hydrogens is 492 g/mol. The lowest BCUT2D eigenvalue weighted by Gasteiger charge is -2.18. The normalized spacial score (nSPS) is 12.2. The van der Waals surface area contributed by atoms with Crippen molar-refractivity contribution in [2.45, 2.75) is 36.3 Å². The van der Waals surface area contributed by atoms with Crippen LogP contribution in [0, 0.1) is 13.8 Å². The number of ether oxygens (including phenoxy) is 2. The summed E-state index contributed by atoms with van der Waals surface area (Å²) in [6, 6.07) is 21.7. The molecule has 0 aromatic heterocycles. The summed E-state index contributed by atoms with van der Waals surface area (Å²) >= 11 is 0. The minimum Gasteiger partial charge on any atom is -0.351 e. The summed E-state index contributed by atoms with van der Waals surface area (Å²) in [6.45, 7) is 2.79. The van der Waals surface area contributed by atoms with Gasteiger partial charge in [0.05, 0.1) is 29.6 Å². The Labute approximate surface area is 206 Å². The SMILES string of the molecule is Cc1ccc(S(=O)(=O)OCC(COS(=O)(=O)c2ccc(C)cc2)OCOCc2ccccc2)cc1. The van der Waals surface area contributed by atoms with Crippen molar-refractivity contribution in [1.29, 1.82) is 0 Å². The molecule has 0 saturated heterocycles. The van der Waals surface area contributed by atoms with Crippen molar-refractivity contribution in [3.05, 3.63) is 95.6 Å². The number of aryl methyl sites for hydroxylation is 2. The standard InChI is InChI=1S/C25H28O8S2/c1-20-8-12-24(13-9-20)34(26,27)32-17-23(31-19-30-16-22-6-4-3-5-7-22)18-33-35(28,29)25-14-10-21(2)11-15-25/h3-15,23H,16-19H2,1-2H3. The van der Waals surface area contributed by atoms with Crippen molar-refractivity contribution in [3.63, 3.8) is 0 Å². The molecule has 0 aliphatic heterocycles. The minimum absolute atomic E-state index is 0.0182. The largest absolute Gasteiger partial charge is 0.351 e. The van der Waals surface area contributed by atoms with E-state index in [1.165, 1.54) is 24.3 Å².